The van der Waals surface area contributed by atoms with Crippen LogP contribution in [0.15, 0.2) is 48.6 Å². The lowest BCUT2D eigenvalue weighted by Crippen LogP contribution is -2.31. The molecule has 3 heterocycles. The summed E-state index contributed by atoms with van der Waals surface area (Å²) in [6.07, 6.45) is 5.87. The first-order chi connectivity index (χ1) is 15.4. The largest absolute Gasteiger partial charge is 0.507 e. The SMILES string of the molecule is COc1ccc([C@@H]2C(=C(O)c3c(C)n[nH]c3C)C(=O)C(=O)N2CCCn2ccnc2)cc1. The van der Waals surface area contributed by atoms with Crippen LogP contribution in [0.2, 0.25) is 0 Å². The summed E-state index contributed by atoms with van der Waals surface area (Å²) in [5, 5.41) is 18.1. The van der Waals surface area contributed by atoms with E-state index in [9.17, 15) is 14.7 Å². The molecular formula is C23H25N5O4. The second-order valence-electron chi connectivity index (χ2n) is 7.73. The number of carbonyl (C=O) groups excluding carboxylic acids is 2. The minimum absolute atomic E-state index is 0.0652. The topological polar surface area (TPSA) is 113 Å². The molecule has 32 heavy (non-hydrogen) atoms. The Hall–Kier alpha value is -3.88. The highest BCUT2D eigenvalue weighted by Gasteiger charge is 2.46. The maximum Gasteiger partial charge on any atom is 0.295 e. The van der Waals surface area contributed by atoms with E-state index in [0.29, 0.717) is 47.8 Å². The number of aliphatic hydroxyl groups excluding tert-OH is 1. The van der Waals surface area contributed by atoms with Gasteiger partial charge in [-0.05, 0) is 38.0 Å². The average molecular weight is 435 g/mol. The van der Waals surface area contributed by atoms with E-state index in [1.807, 2.05) is 10.8 Å². The number of hydrogen-bond acceptors (Lipinski definition) is 6. The lowest BCUT2D eigenvalue weighted by Gasteiger charge is -2.25. The highest BCUT2D eigenvalue weighted by atomic mass is 16.5. The first kappa shape index (κ1) is 21.4. The van der Waals surface area contributed by atoms with E-state index in [4.69, 9.17) is 4.74 Å². The molecular weight excluding hydrogens is 410 g/mol. The number of nitrogens with one attached hydrogen (secondary N) is 1. The van der Waals surface area contributed by atoms with Crippen LogP contribution in [0.3, 0.4) is 0 Å². The van der Waals surface area contributed by atoms with Crippen molar-refractivity contribution in [3.8, 4) is 5.75 Å². The zero-order valence-electron chi connectivity index (χ0n) is 18.2. The van der Waals surface area contributed by atoms with Crippen molar-refractivity contribution in [2.24, 2.45) is 0 Å². The van der Waals surface area contributed by atoms with Gasteiger partial charge in [-0.1, -0.05) is 12.1 Å². The summed E-state index contributed by atoms with van der Waals surface area (Å²) in [5.74, 6) is -0.889. The summed E-state index contributed by atoms with van der Waals surface area (Å²) in [5.41, 5.74) is 2.41. The molecule has 1 amide bonds. The smallest absolute Gasteiger partial charge is 0.295 e. The van der Waals surface area contributed by atoms with E-state index in [0.717, 1.165) is 0 Å². The molecule has 4 rings (SSSR count). The normalized spacial score (nSPS) is 17.8. The highest BCUT2D eigenvalue weighted by molar-refractivity contribution is 6.46. The number of carbonyl (C=O) groups is 2. The quantitative estimate of drug-likeness (QED) is 0.335. The van der Waals surface area contributed by atoms with E-state index in [-0.39, 0.29) is 11.3 Å². The molecule has 2 aromatic heterocycles. The Balaban J connectivity index is 1.75. The van der Waals surface area contributed by atoms with Crippen LogP contribution in [0.4, 0.5) is 0 Å². The van der Waals surface area contributed by atoms with Crippen molar-refractivity contribution in [3.05, 3.63) is 71.1 Å². The average Bonchev–Trinajstić information content (AvgIpc) is 3.49. The van der Waals surface area contributed by atoms with Gasteiger partial charge >= 0.3 is 0 Å². The van der Waals surface area contributed by atoms with Crippen LogP contribution in [0.25, 0.3) is 5.76 Å². The van der Waals surface area contributed by atoms with Crippen molar-refractivity contribution in [1.29, 1.82) is 0 Å². The molecule has 9 heteroatoms. The molecule has 1 aromatic carbocycles. The van der Waals surface area contributed by atoms with Gasteiger partial charge in [0.25, 0.3) is 11.7 Å². The fraction of sp³-hybridized carbons (Fsp3) is 0.304. The minimum atomic E-state index is -0.711. The molecule has 166 valence electrons. The van der Waals surface area contributed by atoms with Crippen LogP contribution in [0.1, 0.15) is 35.0 Å². The molecule has 1 aliphatic rings. The van der Waals surface area contributed by atoms with E-state index in [1.165, 1.54) is 4.90 Å². The van der Waals surface area contributed by atoms with Crippen molar-refractivity contribution in [3.63, 3.8) is 0 Å². The lowest BCUT2D eigenvalue weighted by atomic mass is 9.94. The van der Waals surface area contributed by atoms with Gasteiger partial charge in [0, 0.05) is 31.2 Å². The maximum atomic E-state index is 13.1. The number of aliphatic hydroxyl groups is 1. The summed E-state index contributed by atoms with van der Waals surface area (Å²) in [6.45, 7) is 4.50. The van der Waals surface area contributed by atoms with Gasteiger partial charge in [-0.15, -0.1) is 0 Å². The van der Waals surface area contributed by atoms with Crippen LogP contribution in [0, 0.1) is 13.8 Å². The number of likely N-dealkylation sites (tertiary alicyclic amines) is 1. The number of benzene rings is 1. The molecule has 9 nitrogen and oxygen atoms in total. The molecule has 1 fully saturated rings. The Labute approximate surface area is 185 Å². The summed E-state index contributed by atoms with van der Waals surface area (Å²) < 4.78 is 7.16. The molecule has 0 radical (unpaired) electrons. The molecule has 0 bridgehead atoms. The second-order valence-corrected chi connectivity index (χ2v) is 7.73. The van der Waals surface area contributed by atoms with E-state index in [1.54, 1.807) is 57.7 Å². The Morgan fingerprint density at radius 1 is 1.19 bits per heavy atom. The van der Waals surface area contributed by atoms with Crippen molar-refractivity contribution in [2.45, 2.75) is 32.9 Å². The first-order valence-corrected chi connectivity index (χ1v) is 10.3. The lowest BCUT2D eigenvalue weighted by molar-refractivity contribution is -0.139. The van der Waals surface area contributed by atoms with Crippen LogP contribution >= 0.6 is 0 Å². The van der Waals surface area contributed by atoms with Crippen LogP contribution in [0.5, 0.6) is 5.75 Å². The van der Waals surface area contributed by atoms with Crippen molar-refractivity contribution in [2.75, 3.05) is 13.7 Å². The number of aromatic amines is 1. The van der Waals surface area contributed by atoms with Gasteiger partial charge in [0.1, 0.15) is 11.5 Å². The van der Waals surface area contributed by atoms with Gasteiger partial charge in [0.05, 0.1) is 36.3 Å². The molecule has 0 unspecified atom stereocenters. The Bertz CT molecular complexity index is 1140. The standard InChI is InChI=1S/C23H25N5O4/c1-14-18(15(2)26-25-14)21(29)19-20(16-5-7-17(32-3)8-6-16)28(23(31)22(19)30)11-4-10-27-12-9-24-13-27/h5-9,12-13,20,29H,4,10-11H2,1-3H3,(H,25,26)/t20-/m1/s1. The van der Waals surface area contributed by atoms with Gasteiger partial charge in [-0.25, -0.2) is 4.98 Å². The van der Waals surface area contributed by atoms with Crippen molar-refractivity contribution < 1.29 is 19.4 Å². The number of ketones is 1. The Morgan fingerprint density at radius 3 is 2.53 bits per heavy atom. The molecule has 1 saturated heterocycles. The Morgan fingerprint density at radius 2 is 1.94 bits per heavy atom. The summed E-state index contributed by atoms with van der Waals surface area (Å²) >= 11 is 0. The third-order valence-corrected chi connectivity index (χ3v) is 5.71. The number of imidazole rings is 1. The molecule has 3 aromatic rings. The maximum absolute atomic E-state index is 13.1. The zero-order valence-corrected chi connectivity index (χ0v) is 18.2. The summed E-state index contributed by atoms with van der Waals surface area (Å²) in [4.78, 5) is 31.7. The number of ether oxygens (including phenoxy) is 1. The molecule has 0 aliphatic carbocycles. The zero-order chi connectivity index (χ0) is 22.8. The number of H-pyrrole nitrogens is 1. The van der Waals surface area contributed by atoms with E-state index < -0.39 is 17.7 Å². The van der Waals surface area contributed by atoms with Gasteiger partial charge in [-0.2, -0.15) is 5.10 Å². The van der Waals surface area contributed by atoms with Gasteiger partial charge in [-0.3, -0.25) is 14.7 Å². The molecule has 0 spiro atoms. The highest BCUT2D eigenvalue weighted by Crippen LogP contribution is 2.40. The number of methoxy groups -OCH3 is 1. The van der Waals surface area contributed by atoms with Crippen molar-refractivity contribution >= 4 is 17.4 Å². The number of amides is 1. The van der Waals surface area contributed by atoms with E-state index >= 15 is 0 Å². The number of nitrogens with zero attached hydrogens (tertiary/aromatic N) is 4. The monoisotopic (exact) mass is 435 g/mol. The third kappa shape index (κ3) is 3.77. The van der Waals surface area contributed by atoms with Gasteiger partial charge in [0.15, 0.2) is 0 Å². The van der Waals surface area contributed by atoms with Crippen LogP contribution in [-0.2, 0) is 16.1 Å². The fourth-order valence-corrected chi connectivity index (χ4v) is 4.12. The molecule has 0 saturated carbocycles. The fourth-order valence-electron chi connectivity index (χ4n) is 4.12. The van der Waals surface area contributed by atoms with Crippen LogP contribution < -0.4 is 4.74 Å². The molecule has 1 aliphatic heterocycles. The summed E-state index contributed by atoms with van der Waals surface area (Å²) in [6, 6.07) is 6.45. The first-order valence-electron chi connectivity index (χ1n) is 10.3. The van der Waals surface area contributed by atoms with Gasteiger partial charge < -0.3 is 19.3 Å². The van der Waals surface area contributed by atoms with E-state index in [2.05, 4.69) is 15.2 Å². The number of aromatic nitrogens is 4. The predicted molar refractivity (Wildman–Crippen MR) is 117 cm³/mol. The number of aryl methyl sites for hydroxylation is 3. The third-order valence-electron chi connectivity index (χ3n) is 5.71. The minimum Gasteiger partial charge on any atom is -0.507 e. The number of rotatable bonds is 7. The second kappa shape index (κ2) is 8.70. The Kier molecular flexibility index (Phi) is 5.81. The number of hydrogen-bond donors (Lipinski definition) is 2. The molecule has 1 atom stereocenters. The van der Waals surface area contributed by atoms with Gasteiger partial charge in [0.2, 0.25) is 0 Å². The molecule has 2 N–H and O–H groups in total. The number of Topliss-reactive ketones (excluding diaryl/α,β-unsaturated/α-hetero) is 1. The van der Waals surface area contributed by atoms with Crippen LogP contribution in [-0.4, -0.2) is 55.1 Å². The predicted octanol–water partition coefficient (Wildman–Crippen LogP) is 2.74. The van der Waals surface area contributed by atoms with Crippen molar-refractivity contribution in [1.82, 2.24) is 24.6 Å². The summed E-state index contributed by atoms with van der Waals surface area (Å²) in [7, 11) is 1.57.